The topological polar surface area (TPSA) is 802 Å². The molecule has 0 unspecified atom stereocenters. The van der Waals surface area contributed by atoms with Crippen LogP contribution in [0, 0.1) is 0 Å². The molecule has 0 saturated carbocycles. The normalized spacial score (nSPS) is 8.95. The Morgan fingerprint density at radius 2 is 0.364 bits per heavy atom. The SMILES string of the molecule is C[N+]1(C)CCCCC1.O.O.O.O.O.O.OB(O)O.OB(O)O.OB(O)O.OB(O)O.OB(O)O.OB(O)O.OB(O)O.OB(O)O.OB(O)O.[Na+].[O-]B([O-])O. The van der Waals surface area contributed by atoms with Gasteiger partial charge in [-0.2, -0.15) is 0 Å². The van der Waals surface area contributed by atoms with E-state index in [0.29, 0.717) is 0 Å². The van der Waals surface area contributed by atoms with E-state index in [1.54, 1.807) is 0 Å². The summed E-state index contributed by atoms with van der Waals surface area (Å²) in [5.41, 5.74) is 0. The van der Waals surface area contributed by atoms with Crippen LogP contribution in [0.1, 0.15) is 19.3 Å². The van der Waals surface area contributed by atoms with Crippen molar-refractivity contribution in [2.24, 2.45) is 0 Å². The summed E-state index contributed by atoms with van der Waals surface area (Å²) in [6, 6.07) is 0. The van der Waals surface area contributed by atoms with Crippen molar-refractivity contribution in [1.82, 2.24) is 0 Å². The van der Waals surface area contributed by atoms with Crippen LogP contribution in [0.25, 0.3) is 0 Å². The van der Waals surface area contributed by atoms with Gasteiger partial charge in [0.25, 0.3) is 0 Å². The molecule has 0 amide bonds. The molecule has 37 nitrogen and oxygen atoms in total. The Kier molecular flexibility index (Phi) is 183. The van der Waals surface area contributed by atoms with Gasteiger partial charge in [0.1, 0.15) is 0 Å². The molecule has 336 valence electrons. The van der Waals surface area contributed by atoms with E-state index in [4.69, 9.17) is 151 Å². The fourth-order valence-corrected chi connectivity index (χ4v) is 1.37. The first-order valence-electron chi connectivity index (χ1n) is 11.2. The zero-order chi connectivity index (χ0) is 41.8. The molecule has 1 rings (SSSR count). The van der Waals surface area contributed by atoms with Crippen LogP contribution in [0.15, 0.2) is 0 Å². The van der Waals surface area contributed by atoms with E-state index in [-0.39, 0.29) is 62.4 Å². The van der Waals surface area contributed by atoms with Crippen molar-refractivity contribution in [1.29, 1.82) is 0 Å². The number of rotatable bonds is 0. The first-order valence-corrected chi connectivity index (χ1v) is 11.2. The monoisotopic (exact) mass is 863 g/mol. The summed E-state index contributed by atoms with van der Waals surface area (Å²) >= 11 is 0. The molecule has 1 heterocycles. The first-order chi connectivity index (χ1) is 21.0. The average Bonchev–Trinajstić information content (AvgIpc) is 2.69. The van der Waals surface area contributed by atoms with Gasteiger partial charge in [0.15, 0.2) is 0 Å². The minimum atomic E-state index is -2.67. The molecule has 55 heavy (non-hydrogen) atoms. The Hall–Kier alpha value is 0.169. The summed E-state index contributed by atoms with van der Waals surface area (Å²) in [4.78, 5) is 0. The molecule has 1 aliphatic rings. The predicted molar refractivity (Wildman–Crippen MR) is 177 cm³/mol. The van der Waals surface area contributed by atoms with Crippen molar-refractivity contribution in [2.45, 2.75) is 19.3 Å². The van der Waals surface area contributed by atoms with Crippen LogP contribution in [0.2, 0.25) is 0 Å². The fourth-order valence-electron chi connectivity index (χ4n) is 1.37. The van der Waals surface area contributed by atoms with Gasteiger partial charge in [-0.15, -0.1) is 0 Å². The predicted octanol–water partition coefficient (Wildman–Crippen LogP) is -28.5. The van der Waals surface area contributed by atoms with Crippen LogP contribution >= 0.6 is 0 Å². The molecule has 1 aliphatic heterocycles. The summed E-state index contributed by atoms with van der Waals surface area (Å²) < 4.78 is 1.25. The Morgan fingerprint density at radius 1 is 0.291 bits per heavy atom. The van der Waals surface area contributed by atoms with Gasteiger partial charge >= 0.3 is 95.4 Å². The zero-order valence-electron chi connectivity index (χ0n) is 29.1. The molecule has 0 radical (unpaired) electrons. The fraction of sp³-hybridized carbons (Fsp3) is 1.00. The third-order valence-corrected chi connectivity index (χ3v) is 2.03. The Balaban J connectivity index is -0.0000000192. The summed E-state index contributed by atoms with van der Waals surface area (Å²) in [6.07, 6.45) is 4.34. The molecule has 0 aromatic rings. The Bertz CT molecular complexity index is 359. The summed E-state index contributed by atoms with van der Waals surface area (Å²) in [7, 11) is -17.5. The van der Waals surface area contributed by atoms with Gasteiger partial charge in [0.2, 0.25) is 0 Å². The number of hydrogen-bond acceptors (Lipinski definition) is 30. The quantitative estimate of drug-likeness (QED) is 0.0794. The van der Waals surface area contributed by atoms with Gasteiger partial charge in [-0.05, 0) is 19.3 Å². The van der Waals surface area contributed by atoms with Gasteiger partial charge in [-0.1, -0.05) is 0 Å². The summed E-state index contributed by atoms with van der Waals surface area (Å²) in [6.45, 7) is 2.78. The number of piperidine rings is 1. The second-order valence-electron chi connectivity index (χ2n) is 6.87. The van der Waals surface area contributed by atoms with E-state index in [2.05, 4.69) is 14.1 Å². The summed E-state index contributed by atoms with van der Waals surface area (Å²) in [5.74, 6) is 0. The number of likely N-dealkylation sites (tertiary alicyclic amines) is 1. The Labute approximate surface area is 336 Å². The van der Waals surface area contributed by atoms with Crippen molar-refractivity contribution >= 4 is 73.2 Å². The van der Waals surface area contributed by atoms with E-state index >= 15 is 0 Å². The number of nitrogens with zero attached hydrogens (tertiary/aromatic N) is 1. The van der Waals surface area contributed by atoms with Crippen molar-refractivity contribution in [2.75, 3.05) is 27.2 Å². The number of hydrogen-bond donors (Lipinski definition) is 28. The van der Waals surface area contributed by atoms with E-state index in [1.165, 1.54) is 36.8 Å². The molecule has 48 heteroatoms. The third kappa shape index (κ3) is 1430. The molecule has 1 fully saturated rings. The van der Waals surface area contributed by atoms with Crippen LogP contribution in [-0.2, 0) is 0 Å². The maximum atomic E-state index is 8.53. The van der Waals surface area contributed by atoms with Crippen molar-refractivity contribution in [3.05, 3.63) is 0 Å². The van der Waals surface area contributed by atoms with Crippen LogP contribution in [-0.4, -0.2) is 278 Å². The van der Waals surface area contributed by atoms with Crippen LogP contribution in [0.5, 0.6) is 0 Å². The molecule has 0 atom stereocenters. The summed E-state index contributed by atoms with van der Waals surface area (Å²) in [5, 5.41) is 217. The first kappa shape index (κ1) is 111. The maximum absolute atomic E-state index is 8.53. The van der Waals surface area contributed by atoms with E-state index < -0.39 is 73.2 Å². The van der Waals surface area contributed by atoms with E-state index in [9.17, 15) is 0 Å². The molecular formula is C7H56B10NNaO36. The second-order valence-corrected chi connectivity index (χ2v) is 6.87. The third-order valence-electron chi connectivity index (χ3n) is 2.03. The van der Waals surface area contributed by atoms with Crippen LogP contribution in [0.4, 0.5) is 0 Å². The molecule has 0 aromatic carbocycles. The molecule has 1 saturated heterocycles. The second kappa shape index (κ2) is 90.4. The largest absolute Gasteiger partial charge is 1.00 e. The van der Waals surface area contributed by atoms with Gasteiger partial charge in [0.05, 0.1) is 34.5 Å². The van der Waals surface area contributed by atoms with Crippen molar-refractivity contribution < 1.29 is 218 Å². The molecular weight excluding hydrogens is 805 g/mol. The van der Waals surface area contributed by atoms with Crippen LogP contribution < -0.4 is 39.6 Å². The van der Waals surface area contributed by atoms with Gasteiger partial charge < -0.3 is 188 Å². The minimum absolute atomic E-state index is 0. The van der Waals surface area contributed by atoms with Crippen LogP contribution in [0.3, 0.4) is 0 Å². The van der Waals surface area contributed by atoms with Gasteiger partial charge in [-0.3, -0.25) is 0 Å². The number of quaternary nitrogens is 1. The molecule has 40 N–H and O–H groups in total. The zero-order valence-corrected chi connectivity index (χ0v) is 31.1. The average molecular weight is 862 g/mol. The van der Waals surface area contributed by atoms with Gasteiger partial charge in [-0.25, -0.2) is 0 Å². The van der Waals surface area contributed by atoms with E-state index in [1.807, 2.05) is 0 Å². The van der Waals surface area contributed by atoms with E-state index in [0.717, 1.165) is 0 Å². The minimum Gasteiger partial charge on any atom is -0.871 e. The standard InChI is InChI=1S/C7H16N.9BH3O3.BHO3.Na.6H2O/c1-8(2)6-4-3-5-7-8;10*2-1(3)4;;;;;;;/h3-7H2,1-2H3;9*2-4H;2H;;6*1H2/q+1;;;;;;;;;;-2;+1;;;;;;. The maximum Gasteiger partial charge on any atom is 1.00 e. The smallest absolute Gasteiger partial charge is 0.871 e. The Morgan fingerprint density at radius 3 is 0.400 bits per heavy atom. The molecule has 0 bridgehead atoms. The van der Waals surface area contributed by atoms with Gasteiger partial charge in [0, 0.05) is 0 Å². The molecule has 0 aromatic heterocycles. The van der Waals surface area contributed by atoms with Crippen molar-refractivity contribution in [3.8, 4) is 0 Å². The molecule has 0 aliphatic carbocycles. The van der Waals surface area contributed by atoms with Crippen molar-refractivity contribution in [3.63, 3.8) is 0 Å². The molecule has 0 spiro atoms.